The summed E-state index contributed by atoms with van der Waals surface area (Å²) in [6.07, 6.45) is 5.10. The second-order valence-corrected chi connectivity index (χ2v) is 8.94. The van der Waals surface area contributed by atoms with Gasteiger partial charge in [0.1, 0.15) is 6.61 Å². The van der Waals surface area contributed by atoms with Crippen molar-refractivity contribution in [2.45, 2.75) is 3.79 Å². The van der Waals surface area contributed by atoms with Gasteiger partial charge in [-0.1, -0.05) is 71.2 Å². The number of hydrogen-bond acceptors (Lipinski definition) is 5. The molecule has 0 bridgehead atoms. The van der Waals surface area contributed by atoms with Crippen LogP contribution in [0.3, 0.4) is 0 Å². The third-order valence-corrected chi connectivity index (χ3v) is 4.16. The Bertz CT molecular complexity index is 940. The Kier molecular flexibility index (Phi) is 12.4. The van der Waals surface area contributed by atoms with E-state index < -0.39 is 20.7 Å². The van der Waals surface area contributed by atoms with Crippen LogP contribution < -0.4 is 0 Å². The maximum absolute atomic E-state index is 11.8. The number of pyridine rings is 2. The van der Waals surface area contributed by atoms with Crippen LogP contribution in [-0.2, 0) is 34.2 Å². The maximum Gasteiger partial charge on any atom is 0.0267 e. The molecule has 1 aromatic carbocycles. The van der Waals surface area contributed by atoms with Gasteiger partial charge in [-0.05, 0) is 29.8 Å². The Morgan fingerprint density at radius 3 is 2.03 bits per heavy atom. The topological polar surface area (TPSA) is 83.2 Å². The van der Waals surface area contributed by atoms with Gasteiger partial charge in [0.25, 0.3) is 0 Å². The van der Waals surface area contributed by atoms with Crippen molar-refractivity contribution in [1.29, 1.82) is 0 Å². The minimum atomic E-state index is -4.25. The Morgan fingerprint density at radius 1 is 0.933 bits per heavy atom. The molecule has 6 nitrogen and oxygen atoms in total. The van der Waals surface area contributed by atoms with Gasteiger partial charge < -0.3 is 4.72 Å². The van der Waals surface area contributed by atoms with E-state index in [1.54, 1.807) is 55.0 Å². The first-order chi connectivity index (χ1) is 14.3. The standard InChI is InChI=1S/C13H10Cl3N2O3S.C5H5N.FH.Pd/c14-13(15,16)9-21-22(19,20)18-12-7-2-1-5-10(12)11-6-3-4-8-17-11;1-2-4-6-5-3-1;;/h1-8H,9H2;1-5H;1H;/q-1;;;+2/p-1. The van der Waals surface area contributed by atoms with Gasteiger partial charge in [0.2, 0.25) is 14.1 Å². The average Bonchev–Trinajstić information content (AvgIpc) is 2.76. The van der Waals surface area contributed by atoms with Gasteiger partial charge in [-0.25, -0.2) is 8.42 Å². The van der Waals surface area contributed by atoms with Crippen molar-refractivity contribution in [2.24, 2.45) is 0 Å². The number of nitrogens with zero attached hydrogens (tertiary/aromatic N) is 3. The van der Waals surface area contributed by atoms with Crippen LogP contribution in [0.15, 0.2) is 79.3 Å². The van der Waals surface area contributed by atoms with Crippen molar-refractivity contribution in [1.82, 2.24) is 9.97 Å². The molecule has 0 aliphatic heterocycles. The van der Waals surface area contributed by atoms with Crippen molar-refractivity contribution in [3.63, 3.8) is 0 Å². The van der Waals surface area contributed by atoms with E-state index in [0.717, 1.165) is 0 Å². The summed E-state index contributed by atoms with van der Waals surface area (Å²) in [6, 6.07) is 17.6. The third kappa shape index (κ3) is 11.2. The first-order valence-corrected chi connectivity index (χ1v) is 11.0. The molecule has 0 atom stereocenters. The van der Waals surface area contributed by atoms with Crippen LogP contribution >= 0.6 is 34.8 Å². The van der Waals surface area contributed by atoms with Crippen LogP contribution in [-0.4, -0.2) is 28.8 Å². The summed E-state index contributed by atoms with van der Waals surface area (Å²) in [7, 11) is -4.25. The van der Waals surface area contributed by atoms with Gasteiger partial charge in [0.15, 0.2) is 0 Å². The largest absolute Gasteiger partial charge is 0.265 e. The molecular weight excluding hydrogens is 570 g/mol. The number of hydrogen-bond donors (Lipinski definition) is 0. The number of benzene rings is 1. The number of alkyl halides is 3. The van der Waals surface area contributed by atoms with E-state index in [-0.39, 0.29) is 5.69 Å². The van der Waals surface area contributed by atoms with Crippen molar-refractivity contribution >= 4 is 50.8 Å². The summed E-state index contributed by atoms with van der Waals surface area (Å²) in [4.78, 5) is 7.95. The Morgan fingerprint density at radius 2 is 1.53 bits per heavy atom. The molecule has 3 aromatic rings. The fourth-order valence-corrected chi connectivity index (χ4v) is 3.03. The van der Waals surface area contributed by atoms with Crippen LogP contribution in [0.4, 0.5) is 8.91 Å². The molecule has 30 heavy (non-hydrogen) atoms. The summed E-state index contributed by atoms with van der Waals surface area (Å²) >= 11 is 17.6. The molecule has 0 aliphatic carbocycles. The second-order valence-electron chi connectivity index (χ2n) is 5.15. The van der Waals surface area contributed by atoms with Crippen molar-refractivity contribution < 1.29 is 35.5 Å². The van der Waals surface area contributed by atoms with Gasteiger partial charge in [-0.2, -0.15) is 0 Å². The van der Waals surface area contributed by atoms with Crippen molar-refractivity contribution in [3.05, 3.63) is 84.0 Å². The summed E-state index contributed by atoms with van der Waals surface area (Å²) in [5, 5.41) is 0. The van der Waals surface area contributed by atoms with Crippen LogP contribution in [0.2, 0.25) is 0 Å². The fourth-order valence-electron chi connectivity index (χ4n) is 1.89. The van der Waals surface area contributed by atoms with Crippen molar-refractivity contribution in [3.8, 4) is 11.3 Å². The van der Waals surface area contributed by atoms with E-state index in [2.05, 4.69) is 18.9 Å². The van der Waals surface area contributed by atoms with Crippen LogP contribution in [0.5, 0.6) is 0 Å². The predicted molar refractivity (Wildman–Crippen MR) is 113 cm³/mol. The van der Waals surface area contributed by atoms with Crippen molar-refractivity contribution in [2.75, 3.05) is 6.61 Å². The zero-order chi connectivity index (χ0) is 22.5. The third-order valence-electron chi connectivity index (χ3n) is 2.99. The van der Waals surface area contributed by atoms with Gasteiger partial charge in [-0.15, -0.1) is 5.69 Å². The molecule has 0 spiro atoms. The van der Waals surface area contributed by atoms with E-state index in [1.807, 2.05) is 18.2 Å². The molecule has 0 amide bonds. The van der Waals surface area contributed by atoms with Gasteiger partial charge in [0, 0.05) is 18.6 Å². The Labute approximate surface area is 201 Å². The molecule has 12 heteroatoms. The summed E-state index contributed by atoms with van der Waals surface area (Å²) in [5.41, 5.74) is 1.31. The summed E-state index contributed by atoms with van der Waals surface area (Å²) in [5.74, 6) is 0. The second kappa shape index (κ2) is 13.9. The molecule has 0 N–H and O–H groups in total. The zero-order valence-electron chi connectivity index (χ0n) is 15.0. The van der Waals surface area contributed by atoms with E-state index in [9.17, 15) is 11.6 Å². The summed E-state index contributed by atoms with van der Waals surface area (Å²) in [6.45, 7) is -0.630. The minimum absolute atomic E-state index is 0.186. The quantitative estimate of drug-likeness (QED) is 0.276. The van der Waals surface area contributed by atoms with E-state index in [1.165, 1.54) is 25.8 Å². The molecule has 0 radical (unpaired) electrons. The minimum Gasteiger partial charge on any atom is -0.265 e. The first-order valence-electron chi connectivity index (χ1n) is 7.93. The molecule has 0 saturated carbocycles. The molecule has 0 aliphatic rings. The molecule has 164 valence electrons. The Balaban J connectivity index is 0.000000474. The first kappa shape index (κ1) is 26.7. The van der Waals surface area contributed by atoms with Crippen LogP contribution in [0.25, 0.3) is 16.0 Å². The number of halogens is 4. The van der Waals surface area contributed by atoms with E-state index in [4.69, 9.17) is 34.8 Å². The predicted octanol–water partition coefficient (Wildman–Crippen LogP) is 5.88. The fraction of sp³-hybridized carbons (Fsp3) is 0.111. The molecule has 2 heterocycles. The summed E-state index contributed by atoms with van der Waals surface area (Å²) < 4.78 is 39.4. The normalized spacial score (nSPS) is 10.7. The van der Waals surface area contributed by atoms with Gasteiger partial charge in [0.05, 0.1) is 5.69 Å². The smallest absolute Gasteiger partial charge is 0.0267 e. The molecular formula is C18H15Cl3FN3O3PdS. The van der Waals surface area contributed by atoms with Crippen LogP contribution in [0, 0.1) is 0 Å². The Hall–Kier alpha value is -1.31. The number of aromatic nitrogens is 2. The number of rotatable bonds is 5. The molecule has 2 aromatic heterocycles. The maximum atomic E-state index is 11.8. The van der Waals surface area contributed by atoms with Gasteiger partial charge in [-0.3, -0.25) is 14.2 Å². The SMILES string of the molecule is O=S(=O)([N-]c1ccccc1-c1ccccn1)OCC(Cl)(Cl)Cl.[F][Pd+].c1ccncc1. The average molecular weight is 585 g/mol. The van der Waals surface area contributed by atoms with Gasteiger partial charge >= 0.3 is 22.9 Å². The van der Waals surface area contributed by atoms with Crippen LogP contribution in [0.1, 0.15) is 0 Å². The monoisotopic (exact) mass is 583 g/mol. The van der Waals surface area contributed by atoms with E-state index in [0.29, 0.717) is 11.3 Å². The molecule has 0 fully saturated rings. The molecule has 0 unspecified atom stereocenters. The van der Waals surface area contributed by atoms with E-state index >= 15 is 0 Å². The molecule has 3 rings (SSSR count). The zero-order valence-corrected chi connectivity index (χ0v) is 19.7. The molecule has 0 saturated heterocycles.